The van der Waals surface area contributed by atoms with Crippen LogP contribution in [0.3, 0.4) is 0 Å². The van der Waals surface area contributed by atoms with Crippen molar-refractivity contribution in [3.05, 3.63) is 35.3 Å². The Kier molecular flexibility index (Phi) is 3.60. The highest BCUT2D eigenvalue weighted by Crippen LogP contribution is 2.23. The third-order valence-corrected chi connectivity index (χ3v) is 4.13. The lowest BCUT2D eigenvalue weighted by molar-refractivity contribution is -0.145. The molecule has 0 spiro atoms. The van der Waals surface area contributed by atoms with Crippen molar-refractivity contribution in [3.63, 3.8) is 0 Å². The number of hydrogen-bond donors (Lipinski definition) is 0. The molecule has 1 atom stereocenters. The Labute approximate surface area is 128 Å². The molecular weight excluding hydrogens is 282 g/mol. The van der Waals surface area contributed by atoms with Gasteiger partial charge in [-0.05, 0) is 38.3 Å². The van der Waals surface area contributed by atoms with Crippen LogP contribution in [0.2, 0.25) is 0 Å². The molecule has 1 saturated heterocycles. The van der Waals surface area contributed by atoms with E-state index in [1.54, 1.807) is 9.30 Å². The van der Waals surface area contributed by atoms with Crippen LogP contribution in [0.15, 0.2) is 18.3 Å². The normalized spacial score (nSPS) is 18.0. The van der Waals surface area contributed by atoms with Crippen LogP contribution in [0.4, 0.5) is 0 Å². The number of fused-ring (bicyclic) bond motifs is 1. The lowest BCUT2D eigenvalue weighted by Gasteiger charge is -2.22. The van der Waals surface area contributed by atoms with Gasteiger partial charge in [0.2, 0.25) is 0 Å². The van der Waals surface area contributed by atoms with Gasteiger partial charge in [-0.3, -0.25) is 9.20 Å². The first-order valence-corrected chi connectivity index (χ1v) is 7.37. The average Bonchev–Trinajstić information content (AvgIpc) is 3.09. The van der Waals surface area contributed by atoms with Crippen LogP contribution in [0.25, 0.3) is 5.65 Å². The summed E-state index contributed by atoms with van der Waals surface area (Å²) in [4.78, 5) is 30.8. The van der Waals surface area contributed by atoms with Gasteiger partial charge in [0.05, 0.1) is 12.8 Å². The Morgan fingerprint density at radius 1 is 1.32 bits per heavy atom. The monoisotopic (exact) mass is 301 g/mol. The quantitative estimate of drug-likeness (QED) is 0.792. The standard InChI is InChI=1S/C16H19N3O3/c1-10-6-7-13-17-11(2)14(19(13)9-10)15(20)18-8-4-5-12(18)16(21)22-3/h6-7,9,12H,4-5,8H2,1-3H3/t12-/m1/s1. The van der Waals surface area contributed by atoms with E-state index in [1.807, 2.05) is 32.2 Å². The average molecular weight is 301 g/mol. The molecule has 1 aliphatic rings. The minimum Gasteiger partial charge on any atom is -0.467 e. The third-order valence-electron chi connectivity index (χ3n) is 4.13. The summed E-state index contributed by atoms with van der Waals surface area (Å²) in [5.41, 5.74) is 2.98. The van der Waals surface area contributed by atoms with Gasteiger partial charge < -0.3 is 9.64 Å². The van der Waals surface area contributed by atoms with Crippen LogP contribution in [-0.4, -0.2) is 45.9 Å². The van der Waals surface area contributed by atoms with Crippen molar-refractivity contribution in [2.75, 3.05) is 13.7 Å². The minimum atomic E-state index is -0.493. The number of aryl methyl sites for hydroxylation is 2. The molecule has 22 heavy (non-hydrogen) atoms. The molecule has 0 radical (unpaired) electrons. The number of amides is 1. The molecule has 0 aliphatic carbocycles. The van der Waals surface area contributed by atoms with E-state index in [0.29, 0.717) is 24.4 Å². The van der Waals surface area contributed by atoms with E-state index >= 15 is 0 Å². The second-order valence-electron chi connectivity index (χ2n) is 5.66. The molecule has 0 unspecified atom stereocenters. The van der Waals surface area contributed by atoms with Crippen molar-refractivity contribution in [3.8, 4) is 0 Å². The number of ether oxygens (including phenoxy) is 1. The van der Waals surface area contributed by atoms with Gasteiger partial charge in [-0.2, -0.15) is 0 Å². The van der Waals surface area contributed by atoms with Gasteiger partial charge in [-0.25, -0.2) is 9.78 Å². The predicted octanol–water partition coefficient (Wildman–Crippen LogP) is 1.73. The summed E-state index contributed by atoms with van der Waals surface area (Å²) in [6.07, 6.45) is 3.35. The van der Waals surface area contributed by atoms with Crippen LogP contribution in [-0.2, 0) is 9.53 Å². The van der Waals surface area contributed by atoms with Crippen LogP contribution >= 0.6 is 0 Å². The molecule has 0 N–H and O–H groups in total. The molecule has 1 fully saturated rings. The van der Waals surface area contributed by atoms with Crippen molar-refractivity contribution in [1.82, 2.24) is 14.3 Å². The summed E-state index contributed by atoms with van der Waals surface area (Å²) in [6.45, 7) is 4.35. The van der Waals surface area contributed by atoms with Crippen molar-refractivity contribution >= 4 is 17.5 Å². The van der Waals surface area contributed by atoms with E-state index in [4.69, 9.17) is 4.74 Å². The SMILES string of the molecule is COC(=O)[C@H]1CCCN1C(=O)c1c(C)nc2ccc(C)cn12. The van der Waals surface area contributed by atoms with Gasteiger partial charge in [0, 0.05) is 12.7 Å². The number of aromatic nitrogens is 2. The van der Waals surface area contributed by atoms with Crippen molar-refractivity contribution in [2.45, 2.75) is 32.7 Å². The fraction of sp³-hybridized carbons (Fsp3) is 0.438. The smallest absolute Gasteiger partial charge is 0.328 e. The van der Waals surface area contributed by atoms with Gasteiger partial charge >= 0.3 is 5.97 Å². The predicted molar refractivity (Wildman–Crippen MR) is 80.7 cm³/mol. The Balaban J connectivity index is 2.03. The molecule has 0 bridgehead atoms. The number of pyridine rings is 1. The highest BCUT2D eigenvalue weighted by Gasteiger charge is 2.37. The Bertz CT molecular complexity index is 750. The van der Waals surface area contributed by atoms with Crippen LogP contribution in [0, 0.1) is 13.8 Å². The fourth-order valence-corrected chi connectivity index (χ4v) is 3.05. The highest BCUT2D eigenvalue weighted by molar-refractivity contribution is 5.97. The summed E-state index contributed by atoms with van der Waals surface area (Å²) >= 11 is 0. The van der Waals surface area contributed by atoms with Gasteiger partial charge in [0.25, 0.3) is 5.91 Å². The summed E-state index contributed by atoms with van der Waals surface area (Å²) in [7, 11) is 1.35. The molecule has 2 aromatic heterocycles. The molecule has 116 valence electrons. The fourth-order valence-electron chi connectivity index (χ4n) is 3.05. The number of likely N-dealkylation sites (tertiary alicyclic amines) is 1. The molecule has 2 aromatic rings. The minimum absolute atomic E-state index is 0.163. The lowest BCUT2D eigenvalue weighted by atomic mass is 10.2. The number of carbonyl (C=O) groups is 2. The molecule has 6 nitrogen and oxygen atoms in total. The molecule has 6 heteroatoms. The van der Waals surface area contributed by atoms with Crippen molar-refractivity contribution in [1.29, 1.82) is 0 Å². The number of nitrogens with zero attached hydrogens (tertiary/aromatic N) is 3. The van der Waals surface area contributed by atoms with Gasteiger partial charge in [0.1, 0.15) is 17.4 Å². The van der Waals surface area contributed by atoms with Gasteiger partial charge in [-0.15, -0.1) is 0 Å². The first-order chi connectivity index (χ1) is 10.5. The lowest BCUT2D eigenvalue weighted by Crippen LogP contribution is -2.41. The zero-order chi connectivity index (χ0) is 15.9. The summed E-state index contributed by atoms with van der Waals surface area (Å²) in [6, 6.07) is 3.36. The second-order valence-corrected chi connectivity index (χ2v) is 5.66. The van der Waals surface area contributed by atoms with E-state index in [1.165, 1.54) is 7.11 Å². The Morgan fingerprint density at radius 2 is 2.09 bits per heavy atom. The number of hydrogen-bond acceptors (Lipinski definition) is 4. The molecule has 1 amide bonds. The maximum atomic E-state index is 12.9. The first-order valence-electron chi connectivity index (χ1n) is 7.37. The van der Waals surface area contributed by atoms with E-state index in [2.05, 4.69) is 4.98 Å². The van der Waals surface area contributed by atoms with E-state index in [9.17, 15) is 9.59 Å². The zero-order valence-electron chi connectivity index (χ0n) is 13.0. The number of rotatable bonds is 2. The Hall–Kier alpha value is -2.37. The first kappa shape index (κ1) is 14.6. The maximum absolute atomic E-state index is 12.9. The van der Waals surface area contributed by atoms with E-state index in [-0.39, 0.29) is 11.9 Å². The summed E-state index contributed by atoms with van der Waals surface area (Å²) in [5, 5.41) is 0. The van der Waals surface area contributed by atoms with Crippen LogP contribution in [0.5, 0.6) is 0 Å². The topological polar surface area (TPSA) is 63.9 Å². The van der Waals surface area contributed by atoms with E-state index in [0.717, 1.165) is 17.6 Å². The zero-order valence-corrected chi connectivity index (χ0v) is 13.0. The third kappa shape index (κ3) is 2.24. The molecular formula is C16H19N3O3. The number of methoxy groups -OCH3 is 1. The molecule has 0 aromatic carbocycles. The van der Waals surface area contributed by atoms with Gasteiger partial charge in [-0.1, -0.05) is 6.07 Å². The maximum Gasteiger partial charge on any atom is 0.328 e. The molecule has 3 rings (SSSR count). The Morgan fingerprint density at radius 3 is 2.82 bits per heavy atom. The largest absolute Gasteiger partial charge is 0.467 e. The number of imidazole rings is 1. The second kappa shape index (κ2) is 5.44. The van der Waals surface area contributed by atoms with Crippen molar-refractivity contribution in [2.24, 2.45) is 0 Å². The van der Waals surface area contributed by atoms with E-state index < -0.39 is 6.04 Å². The molecule has 3 heterocycles. The highest BCUT2D eigenvalue weighted by atomic mass is 16.5. The molecule has 1 aliphatic heterocycles. The number of carbonyl (C=O) groups excluding carboxylic acids is 2. The number of esters is 1. The van der Waals surface area contributed by atoms with Crippen LogP contribution in [0.1, 0.15) is 34.6 Å². The van der Waals surface area contributed by atoms with Crippen LogP contribution < -0.4 is 0 Å². The van der Waals surface area contributed by atoms with Gasteiger partial charge in [0.15, 0.2) is 0 Å². The van der Waals surface area contributed by atoms with Crippen molar-refractivity contribution < 1.29 is 14.3 Å². The molecule has 0 saturated carbocycles. The summed E-state index contributed by atoms with van der Waals surface area (Å²) in [5.74, 6) is -0.517. The summed E-state index contributed by atoms with van der Waals surface area (Å²) < 4.78 is 6.62.